The van der Waals surface area contributed by atoms with Gasteiger partial charge in [-0.25, -0.2) is 0 Å². The zero-order valence-corrected chi connectivity index (χ0v) is 10.8. The van der Waals surface area contributed by atoms with E-state index in [2.05, 4.69) is 10.0 Å². The second-order valence-corrected chi connectivity index (χ2v) is 4.67. The number of hydrogen-bond acceptors (Lipinski definition) is 3. The quantitative estimate of drug-likeness (QED) is 0.700. The van der Waals surface area contributed by atoms with Gasteiger partial charge in [-0.2, -0.15) is 0 Å². The van der Waals surface area contributed by atoms with Crippen molar-refractivity contribution in [3.8, 4) is 0 Å². The van der Waals surface area contributed by atoms with Crippen molar-refractivity contribution in [1.29, 1.82) is 0 Å². The molecule has 0 heterocycles. The summed E-state index contributed by atoms with van der Waals surface area (Å²) in [5, 5.41) is 2.74. The second kappa shape index (κ2) is 6.71. The molecule has 0 bridgehead atoms. The Balaban J connectivity index is 4.41. The third-order valence-corrected chi connectivity index (χ3v) is 2.38. The number of nitrogens with one attached hydrogen (secondary N) is 2. The van der Waals surface area contributed by atoms with E-state index in [1.54, 1.807) is 20.1 Å². The molecule has 0 aliphatic heterocycles. The summed E-state index contributed by atoms with van der Waals surface area (Å²) in [6.07, 6.45) is 1.78. The van der Waals surface area contributed by atoms with Gasteiger partial charge in [0.1, 0.15) is 6.04 Å². The summed E-state index contributed by atoms with van der Waals surface area (Å²) in [6, 6.07) is -0.452. The Morgan fingerprint density at radius 3 is 1.93 bits per heavy atom. The minimum absolute atomic E-state index is 0.0832. The molecule has 0 aromatic rings. The lowest BCUT2D eigenvalue weighted by Crippen LogP contribution is -2.49. The van der Waals surface area contributed by atoms with Crippen molar-refractivity contribution < 1.29 is 9.59 Å². The fourth-order valence-corrected chi connectivity index (χ4v) is 1.35. The van der Waals surface area contributed by atoms with Gasteiger partial charge >= 0.3 is 0 Å². The van der Waals surface area contributed by atoms with E-state index >= 15 is 0 Å². The number of rotatable bonds is 5. The van der Waals surface area contributed by atoms with Gasteiger partial charge in [-0.1, -0.05) is 39.6 Å². The Hall–Kier alpha value is -0.710. The van der Waals surface area contributed by atoms with E-state index in [0.29, 0.717) is 0 Å². The minimum Gasteiger partial charge on any atom is -0.344 e. The van der Waals surface area contributed by atoms with Crippen LogP contribution in [0.25, 0.3) is 0 Å². The van der Waals surface area contributed by atoms with Gasteiger partial charge < -0.3 is 5.32 Å². The van der Waals surface area contributed by atoms with Crippen LogP contribution in [0.2, 0.25) is 0 Å². The van der Waals surface area contributed by atoms with Crippen LogP contribution in [-0.2, 0) is 9.59 Å². The number of hydrogen-bond donors (Lipinski definition) is 2. The second-order valence-electron chi connectivity index (χ2n) is 4.06. The largest absolute Gasteiger partial charge is 0.344 e. The lowest BCUT2D eigenvalue weighted by Gasteiger charge is -2.21. The highest BCUT2D eigenvalue weighted by Gasteiger charge is 2.24. The highest BCUT2D eigenvalue weighted by molar-refractivity contribution is 7.97. The summed E-state index contributed by atoms with van der Waals surface area (Å²) < 4.78 is 2.63. The average Bonchev–Trinajstić information content (AvgIpc) is 2.13. The van der Waals surface area contributed by atoms with Gasteiger partial charge in [-0.05, 0) is 5.92 Å². The molecule has 0 aliphatic rings. The third kappa shape index (κ3) is 5.06. The van der Waals surface area contributed by atoms with E-state index in [-0.39, 0.29) is 23.7 Å². The van der Waals surface area contributed by atoms with E-state index < -0.39 is 6.04 Å². The molecule has 0 aromatic carbocycles. The maximum atomic E-state index is 11.6. The lowest BCUT2D eigenvalue weighted by molar-refractivity contribution is -0.130. The van der Waals surface area contributed by atoms with Crippen LogP contribution in [0.3, 0.4) is 0 Å². The van der Waals surface area contributed by atoms with Crippen molar-refractivity contribution in [2.45, 2.75) is 33.7 Å². The van der Waals surface area contributed by atoms with Crippen LogP contribution in [0.4, 0.5) is 0 Å². The Labute approximate surface area is 95.7 Å². The van der Waals surface area contributed by atoms with Crippen molar-refractivity contribution in [2.75, 3.05) is 6.26 Å². The fraction of sp³-hybridized carbons (Fsp3) is 0.800. The van der Waals surface area contributed by atoms with Gasteiger partial charge in [0.15, 0.2) is 0 Å². The molecule has 0 aliphatic carbocycles. The Morgan fingerprint density at radius 2 is 1.60 bits per heavy atom. The molecule has 0 saturated heterocycles. The van der Waals surface area contributed by atoms with Crippen LogP contribution in [0.1, 0.15) is 27.7 Å². The molecule has 88 valence electrons. The molecule has 0 aromatic heterocycles. The van der Waals surface area contributed by atoms with Crippen molar-refractivity contribution in [3.63, 3.8) is 0 Å². The van der Waals surface area contributed by atoms with Crippen LogP contribution in [0, 0.1) is 11.8 Å². The molecule has 15 heavy (non-hydrogen) atoms. The SMILES string of the molecule is CSNC(=O)[C@@H](NC(=O)C(C)C)C(C)C. The summed E-state index contributed by atoms with van der Waals surface area (Å²) in [5.41, 5.74) is 0. The van der Waals surface area contributed by atoms with E-state index in [1.807, 2.05) is 13.8 Å². The minimum atomic E-state index is -0.452. The zero-order chi connectivity index (χ0) is 12.0. The first kappa shape index (κ1) is 14.3. The summed E-state index contributed by atoms with van der Waals surface area (Å²) in [5.74, 6) is -0.260. The molecular weight excluding hydrogens is 212 g/mol. The molecule has 4 nitrogen and oxygen atoms in total. The standard InChI is InChI=1S/C10H20N2O2S/c1-6(2)8(10(14)12-15-5)11-9(13)7(3)4/h6-8H,1-5H3,(H,11,13)(H,12,14)/t8-/m0/s1. The van der Waals surface area contributed by atoms with E-state index in [1.165, 1.54) is 11.9 Å². The molecule has 5 heteroatoms. The van der Waals surface area contributed by atoms with E-state index in [9.17, 15) is 9.59 Å². The maximum Gasteiger partial charge on any atom is 0.252 e. The van der Waals surface area contributed by atoms with Crippen molar-refractivity contribution in [3.05, 3.63) is 0 Å². The third-order valence-electron chi connectivity index (χ3n) is 1.97. The van der Waals surface area contributed by atoms with Gasteiger partial charge in [-0.15, -0.1) is 0 Å². The molecule has 2 N–H and O–H groups in total. The van der Waals surface area contributed by atoms with Crippen LogP contribution < -0.4 is 10.0 Å². The van der Waals surface area contributed by atoms with Crippen LogP contribution >= 0.6 is 11.9 Å². The monoisotopic (exact) mass is 232 g/mol. The fourth-order valence-electron chi connectivity index (χ4n) is 1.02. The molecule has 1 atom stereocenters. The first-order valence-corrected chi connectivity index (χ1v) is 6.25. The van der Waals surface area contributed by atoms with E-state index in [4.69, 9.17) is 0 Å². The Bertz CT molecular complexity index is 229. The molecule has 0 saturated carbocycles. The molecule has 0 rings (SSSR count). The highest BCUT2D eigenvalue weighted by atomic mass is 32.2. The van der Waals surface area contributed by atoms with Crippen LogP contribution in [0.15, 0.2) is 0 Å². The average molecular weight is 232 g/mol. The Morgan fingerprint density at radius 1 is 1.07 bits per heavy atom. The molecule has 2 amide bonds. The molecule has 0 fully saturated rings. The molecular formula is C10H20N2O2S. The topological polar surface area (TPSA) is 58.2 Å². The molecule has 0 radical (unpaired) electrons. The van der Waals surface area contributed by atoms with Crippen molar-refractivity contribution in [1.82, 2.24) is 10.0 Å². The normalized spacial score (nSPS) is 12.7. The summed E-state index contributed by atoms with van der Waals surface area (Å²) in [6.45, 7) is 7.43. The first-order valence-electron chi connectivity index (χ1n) is 5.03. The predicted molar refractivity (Wildman–Crippen MR) is 63.3 cm³/mol. The summed E-state index contributed by atoms with van der Waals surface area (Å²) in [7, 11) is 0. The number of amides is 2. The first-order chi connectivity index (χ1) is 6.90. The number of carbonyl (C=O) groups excluding carboxylic acids is 2. The van der Waals surface area contributed by atoms with Crippen molar-refractivity contribution in [2.24, 2.45) is 11.8 Å². The van der Waals surface area contributed by atoms with Gasteiger partial charge in [-0.3, -0.25) is 14.3 Å². The lowest BCUT2D eigenvalue weighted by atomic mass is 10.0. The van der Waals surface area contributed by atoms with Crippen LogP contribution in [0.5, 0.6) is 0 Å². The molecule has 0 spiro atoms. The predicted octanol–water partition coefficient (Wildman–Crippen LogP) is 1.18. The van der Waals surface area contributed by atoms with Crippen molar-refractivity contribution >= 4 is 23.8 Å². The summed E-state index contributed by atoms with van der Waals surface area (Å²) >= 11 is 1.24. The van der Waals surface area contributed by atoms with Crippen LogP contribution in [-0.4, -0.2) is 24.1 Å². The summed E-state index contributed by atoms with van der Waals surface area (Å²) in [4.78, 5) is 23.1. The maximum absolute atomic E-state index is 11.6. The molecule has 0 unspecified atom stereocenters. The van der Waals surface area contributed by atoms with Gasteiger partial charge in [0.05, 0.1) is 0 Å². The van der Waals surface area contributed by atoms with Gasteiger partial charge in [0.25, 0.3) is 5.91 Å². The highest BCUT2D eigenvalue weighted by Crippen LogP contribution is 2.05. The van der Waals surface area contributed by atoms with Gasteiger partial charge in [0, 0.05) is 12.2 Å². The Kier molecular flexibility index (Phi) is 6.40. The van der Waals surface area contributed by atoms with Gasteiger partial charge in [0.2, 0.25) is 5.91 Å². The number of carbonyl (C=O) groups is 2. The zero-order valence-electron chi connectivity index (χ0n) is 9.96. The van der Waals surface area contributed by atoms with E-state index in [0.717, 1.165) is 0 Å². The smallest absolute Gasteiger partial charge is 0.252 e.